The monoisotopic (exact) mass is 405 g/mol. The van der Waals surface area contributed by atoms with E-state index < -0.39 is 26.4 Å². The molecule has 8 heteroatoms. The second-order valence-electron chi connectivity index (χ2n) is 6.60. The molecular weight excluding hydrogens is 390 g/mol. The van der Waals surface area contributed by atoms with Crippen LogP contribution in [0.2, 0.25) is 5.02 Å². The smallest absolute Gasteiger partial charge is 0.231 e. The average Bonchev–Trinajstić information content (AvgIpc) is 3.10. The number of fused-ring (bicyclic) bond motifs is 1. The number of ether oxygens (including phenoxy) is 3. The van der Waals surface area contributed by atoms with Crippen LogP contribution in [0.15, 0.2) is 47.4 Å². The topological polar surface area (TPSA) is 85.6 Å². The van der Waals surface area contributed by atoms with Crippen LogP contribution in [0.25, 0.3) is 0 Å². The normalized spacial score (nSPS) is 25.8. The fourth-order valence-electron chi connectivity index (χ4n) is 3.79. The van der Waals surface area contributed by atoms with E-state index in [0.29, 0.717) is 22.1 Å². The fourth-order valence-corrected chi connectivity index (χ4v) is 6.22. The fraction of sp³-hybridized carbons (Fsp3) is 0.316. The molecule has 0 spiro atoms. The predicted molar refractivity (Wildman–Crippen MR) is 97.7 cm³/mol. The summed E-state index contributed by atoms with van der Waals surface area (Å²) in [6, 6.07) is 13.4. The summed E-state index contributed by atoms with van der Waals surface area (Å²) in [6.07, 6.45) is 0. The summed E-state index contributed by atoms with van der Waals surface area (Å²) in [7, 11) is -2.31. The molecule has 1 aliphatic carbocycles. The molecule has 1 aliphatic heterocycles. The summed E-state index contributed by atoms with van der Waals surface area (Å²) in [5.74, 6) is 0.620. The molecule has 2 aromatic carbocycles. The Kier molecular flexibility index (Phi) is 4.30. The summed E-state index contributed by atoms with van der Waals surface area (Å²) in [4.78, 5) is 0.135. The lowest BCUT2D eigenvalue weighted by Crippen LogP contribution is -2.19. The summed E-state index contributed by atoms with van der Waals surface area (Å²) in [5, 5.41) is 9.39. The van der Waals surface area contributed by atoms with Crippen molar-refractivity contribution >= 4 is 21.4 Å². The molecule has 6 nitrogen and oxygen atoms in total. The van der Waals surface area contributed by atoms with E-state index in [9.17, 15) is 13.7 Å². The summed E-state index contributed by atoms with van der Waals surface area (Å²) in [6.45, 7) is 0.136. The molecule has 0 radical (unpaired) electrons. The SMILES string of the molecule is COCC1(C#N)C(c2ccc3c(c2)OCO3)C1S(=O)(=O)c1ccc(Cl)cc1. The Hall–Kier alpha value is -2.27. The number of hydrogen-bond donors (Lipinski definition) is 0. The number of benzene rings is 2. The van der Waals surface area contributed by atoms with Gasteiger partial charge in [-0.2, -0.15) is 5.26 Å². The first-order valence-corrected chi connectivity index (χ1v) is 10.2. The molecule has 0 aromatic heterocycles. The Balaban J connectivity index is 1.78. The zero-order valence-corrected chi connectivity index (χ0v) is 16.0. The quantitative estimate of drug-likeness (QED) is 0.759. The summed E-state index contributed by atoms with van der Waals surface area (Å²) in [5.41, 5.74) is -0.457. The highest BCUT2D eigenvalue weighted by Crippen LogP contribution is 2.64. The molecule has 3 atom stereocenters. The first kappa shape index (κ1) is 18.1. The van der Waals surface area contributed by atoms with Crippen molar-refractivity contribution < 1.29 is 22.6 Å². The van der Waals surface area contributed by atoms with Gasteiger partial charge in [-0.3, -0.25) is 0 Å². The Morgan fingerprint density at radius 2 is 1.93 bits per heavy atom. The van der Waals surface area contributed by atoms with Crippen molar-refractivity contribution in [1.29, 1.82) is 5.26 Å². The Morgan fingerprint density at radius 3 is 2.59 bits per heavy atom. The van der Waals surface area contributed by atoms with Gasteiger partial charge in [0.2, 0.25) is 6.79 Å². The van der Waals surface area contributed by atoms with Crippen LogP contribution >= 0.6 is 11.6 Å². The van der Waals surface area contributed by atoms with Crippen molar-refractivity contribution in [2.75, 3.05) is 20.5 Å². The van der Waals surface area contributed by atoms with Crippen LogP contribution in [0.4, 0.5) is 0 Å². The summed E-state index contributed by atoms with van der Waals surface area (Å²) >= 11 is 5.88. The maximum Gasteiger partial charge on any atom is 0.231 e. The van der Waals surface area contributed by atoms with Crippen molar-refractivity contribution in [1.82, 2.24) is 0 Å². The molecule has 1 heterocycles. The van der Waals surface area contributed by atoms with Gasteiger partial charge in [-0.05, 0) is 42.0 Å². The summed E-state index contributed by atoms with van der Waals surface area (Å²) < 4.78 is 42.5. The van der Waals surface area contributed by atoms with Gasteiger partial charge in [0.15, 0.2) is 21.3 Å². The van der Waals surface area contributed by atoms with Gasteiger partial charge in [0, 0.05) is 18.1 Å². The van der Waals surface area contributed by atoms with E-state index in [1.165, 1.54) is 31.4 Å². The average molecular weight is 406 g/mol. The van der Waals surface area contributed by atoms with E-state index in [1.807, 2.05) is 0 Å². The van der Waals surface area contributed by atoms with E-state index in [4.69, 9.17) is 25.8 Å². The largest absolute Gasteiger partial charge is 0.454 e. The number of hydrogen-bond acceptors (Lipinski definition) is 6. The van der Waals surface area contributed by atoms with Gasteiger partial charge in [-0.25, -0.2) is 8.42 Å². The van der Waals surface area contributed by atoms with Crippen molar-refractivity contribution in [2.24, 2.45) is 5.41 Å². The van der Waals surface area contributed by atoms with E-state index in [0.717, 1.165) is 0 Å². The van der Waals surface area contributed by atoms with E-state index >= 15 is 0 Å². The molecule has 140 valence electrons. The van der Waals surface area contributed by atoms with E-state index in [2.05, 4.69) is 6.07 Å². The second-order valence-corrected chi connectivity index (χ2v) is 9.10. The van der Waals surface area contributed by atoms with Gasteiger partial charge in [-0.15, -0.1) is 0 Å². The molecule has 0 amide bonds. The van der Waals surface area contributed by atoms with Gasteiger partial charge >= 0.3 is 0 Å². The van der Waals surface area contributed by atoms with E-state index in [1.54, 1.807) is 18.2 Å². The second kappa shape index (κ2) is 6.41. The minimum Gasteiger partial charge on any atom is -0.454 e. The Bertz CT molecular complexity index is 1030. The van der Waals surface area contributed by atoms with Crippen LogP contribution in [0, 0.1) is 16.7 Å². The zero-order chi connectivity index (χ0) is 19.2. The van der Waals surface area contributed by atoms with Gasteiger partial charge < -0.3 is 14.2 Å². The van der Waals surface area contributed by atoms with Crippen molar-refractivity contribution in [3.05, 3.63) is 53.1 Å². The van der Waals surface area contributed by atoms with Gasteiger partial charge in [0.1, 0.15) is 5.41 Å². The highest BCUT2D eigenvalue weighted by Gasteiger charge is 2.72. The molecule has 4 rings (SSSR count). The standard InChI is InChI=1S/C19H16ClNO5S/c1-24-10-19(9-21)17(12-2-7-15-16(8-12)26-11-25-15)18(19)27(22,23)14-5-3-13(20)4-6-14/h2-8,17-18H,10-11H2,1H3. The number of halogens is 1. The third kappa shape index (κ3) is 2.76. The molecule has 3 unspecified atom stereocenters. The van der Waals surface area contributed by atoms with Crippen LogP contribution in [-0.2, 0) is 14.6 Å². The van der Waals surface area contributed by atoms with Crippen molar-refractivity contribution in [3.63, 3.8) is 0 Å². The van der Waals surface area contributed by atoms with Crippen molar-refractivity contribution in [3.8, 4) is 17.6 Å². The third-order valence-electron chi connectivity index (χ3n) is 5.08. The zero-order valence-electron chi connectivity index (χ0n) is 14.4. The van der Waals surface area contributed by atoms with Crippen LogP contribution in [0.5, 0.6) is 11.5 Å². The third-order valence-corrected chi connectivity index (χ3v) is 7.62. The molecule has 0 bridgehead atoms. The van der Waals surface area contributed by atoms with Crippen LogP contribution < -0.4 is 9.47 Å². The lowest BCUT2D eigenvalue weighted by Gasteiger charge is -2.08. The number of methoxy groups -OCH3 is 1. The number of sulfone groups is 1. The highest BCUT2D eigenvalue weighted by atomic mass is 35.5. The maximum atomic E-state index is 13.3. The lowest BCUT2D eigenvalue weighted by molar-refractivity contribution is 0.162. The molecule has 0 saturated heterocycles. The minimum absolute atomic E-state index is 0.0140. The van der Waals surface area contributed by atoms with Gasteiger partial charge in [0.25, 0.3) is 0 Å². The first-order valence-electron chi connectivity index (χ1n) is 8.23. The maximum absolute atomic E-state index is 13.3. The first-order chi connectivity index (χ1) is 12.9. The Morgan fingerprint density at radius 1 is 1.22 bits per heavy atom. The predicted octanol–water partition coefficient (Wildman–Crippen LogP) is 3.16. The van der Waals surface area contributed by atoms with Crippen LogP contribution in [-0.4, -0.2) is 34.2 Å². The number of rotatable bonds is 5. The molecule has 27 heavy (non-hydrogen) atoms. The van der Waals surface area contributed by atoms with Crippen molar-refractivity contribution in [2.45, 2.75) is 16.1 Å². The minimum atomic E-state index is -3.77. The molecule has 2 aliphatic rings. The number of nitriles is 1. The molecular formula is C19H16ClNO5S. The molecule has 2 aromatic rings. The molecule has 1 fully saturated rings. The molecule has 1 saturated carbocycles. The van der Waals surface area contributed by atoms with Gasteiger partial charge in [0.05, 0.1) is 22.8 Å². The lowest BCUT2D eigenvalue weighted by atomic mass is 10.0. The van der Waals surface area contributed by atoms with Gasteiger partial charge in [-0.1, -0.05) is 17.7 Å². The Labute approximate surface area is 162 Å². The van der Waals surface area contributed by atoms with Crippen LogP contribution in [0.3, 0.4) is 0 Å². The molecule has 0 N–H and O–H groups in total. The van der Waals surface area contributed by atoms with E-state index in [-0.39, 0.29) is 18.3 Å². The highest BCUT2D eigenvalue weighted by molar-refractivity contribution is 7.92. The number of nitrogens with zero attached hydrogens (tertiary/aromatic N) is 1. The van der Waals surface area contributed by atoms with Crippen LogP contribution in [0.1, 0.15) is 11.5 Å².